The van der Waals surface area contributed by atoms with Gasteiger partial charge in [0.1, 0.15) is 4.90 Å². The molecule has 0 spiro atoms. The predicted molar refractivity (Wildman–Crippen MR) is 77.1 cm³/mol. The van der Waals surface area contributed by atoms with E-state index in [2.05, 4.69) is 15.2 Å². The third-order valence-electron chi connectivity index (χ3n) is 4.22. The summed E-state index contributed by atoms with van der Waals surface area (Å²) in [7, 11) is -1.74. The lowest BCUT2D eigenvalue weighted by atomic mass is 10.2. The average Bonchev–Trinajstić information content (AvgIpc) is 2.94. The summed E-state index contributed by atoms with van der Waals surface area (Å²) in [6.07, 6.45) is 5.30. The van der Waals surface area contributed by atoms with Gasteiger partial charge in [-0.15, -0.1) is 0 Å². The first-order valence-corrected chi connectivity index (χ1v) is 8.43. The third-order valence-corrected chi connectivity index (χ3v) is 6.11. The molecule has 3 heterocycles. The number of hydrogen-bond donors (Lipinski definition) is 1. The number of fused-ring (bicyclic) bond motifs is 1. The molecule has 110 valence electrons. The van der Waals surface area contributed by atoms with Crippen molar-refractivity contribution in [3.8, 4) is 0 Å². The van der Waals surface area contributed by atoms with Crippen molar-refractivity contribution in [1.82, 2.24) is 14.2 Å². The van der Waals surface area contributed by atoms with Gasteiger partial charge in [0.2, 0.25) is 10.0 Å². The Kier molecular flexibility index (Phi) is 3.66. The van der Waals surface area contributed by atoms with E-state index in [-0.39, 0.29) is 4.90 Å². The number of aromatic nitrogens is 1. The van der Waals surface area contributed by atoms with E-state index in [4.69, 9.17) is 0 Å². The molecule has 3 rings (SSSR count). The standard InChI is InChI=1S/C13H20N4O2S/c1-14-12-4-5-15-9-13(12)20(18,19)17-8-7-16-6-2-3-11(16)10-17/h4-5,9,11H,2-3,6-8,10H2,1H3,(H,14,15). The summed E-state index contributed by atoms with van der Waals surface area (Å²) in [5.41, 5.74) is 0.605. The Morgan fingerprint density at radius 1 is 1.35 bits per heavy atom. The van der Waals surface area contributed by atoms with Crippen molar-refractivity contribution in [3.63, 3.8) is 0 Å². The van der Waals surface area contributed by atoms with Crippen LogP contribution in [0.3, 0.4) is 0 Å². The van der Waals surface area contributed by atoms with Crippen LogP contribution in [0.4, 0.5) is 5.69 Å². The van der Waals surface area contributed by atoms with E-state index in [1.807, 2.05) is 0 Å². The number of rotatable bonds is 3. The van der Waals surface area contributed by atoms with Gasteiger partial charge in [0.05, 0.1) is 5.69 Å². The Labute approximate surface area is 119 Å². The van der Waals surface area contributed by atoms with E-state index < -0.39 is 10.0 Å². The summed E-state index contributed by atoms with van der Waals surface area (Å²) in [5.74, 6) is 0. The highest BCUT2D eigenvalue weighted by Crippen LogP contribution is 2.28. The van der Waals surface area contributed by atoms with E-state index >= 15 is 0 Å². The van der Waals surface area contributed by atoms with Crippen molar-refractivity contribution >= 4 is 15.7 Å². The maximum absolute atomic E-state index is 12.8. The van der Waals surface area contributed by atoms with Crippen molar-refractivity contribution in [1.29, 1.82) is 0 Å². The van der Waals surface area contributed by atoms with E-state index in [1.54, 1.807) is 23.6 Å². The fourth-order valence-corrected chi connectivity index (χ4v) is 4.72. The van der Waals surface area contributed by atoms with Crippen molar-refractivity contribution in [2.24, 2.45) is 0 Å². The lowest BCUT2D eigenvalue weighted by Gasteiger charge is -2.36. The van der Waals surface area contributed by atoms with Crippen molar-refractivity contribution in [2.75, 3.05) is 38.5 Å². The Hall–Kier alpha value is -1.18. The Balaban J connectivity index is 1.88. The molecule has 2 fully saturated rings. The van der Waals surface area contributed by atoms with Crippen LogP contribution in [0.25, 0.3) is 0 Å². The second-order valence-corrected chi connectivity index (χ2v) is 7.22. The molecule has 1 aromatic heterocycles. The topological polar surface area (TPSA) is 65.5 Å². The first-order valence-electron chi connectivity index (χ1n) is 6.99. The first kappa shape index (κ1) is 13.8. The molecule has 0 radical (unpaired) electrons. The van der Waals surface area contributed by atoms with Gasteiger partial charge in [-0.05, 0) is 25.5 Å². The molecule has 1 unspecified atom stereocenters. The molecule has 0 bridgehead atoms. The van der Waals surface area contributed by atoms with Gasteiger partial charge in [0.25, 0.3) is 0 Å². The van der Waals surface area contributed by atoms with Crippen LogP contribution in [0.1, 0.15) is 12.8 Å². The summed E-state index contributed by atoms with van der Waals surface area (Å²) in [4.78, 5) is 6.63. The van der Waals surface area contributed by atoms with Crippen LogP contribution in [0.15, 0.2) is 23.4 Å². The predicted octanol–water partition coefficient (Wildman–Crippen LogP) is 0.592. The molecule has 1 N–H and O–H groups in total. The molecule has 0 amide bonds. The van der Waals surface area contributed by atoms with E-state index in [1.165, 1.54) is 12.6 Å². The molecular weight excluding hydrogens is 276 g/mol. The van der Waals surface area contributed by atoms with Gasteiger partial charge in [-0.1, -0.05) is 0 Å². The van der Waals surface area contributed by atoms with Crippen LogP contribution >= 0.6 is 0 Å². The van der Waals surface area contributed by atoms with Crippen LogP contribution in [0.2, 0.25) is 0 Å². The molecule has 1 atom stereocenters. The number of anilines is 1. The van der Waals surface area contributed by atoms with Gasteiger partial charge in [-0.2, -0.15) is 4.31 Å². The zero-order valence-corrected chi connectivity index (χ0v) is 12.4. The number of sulfonamides is 1. The molecule has 2 aliphatic rings. The highest BCUT2D eigenvalue weighted by atomic mass is 32.2. The Morgan fingerprint density at radius 2 is 2.20 bits per heavy atom. The van der Waals surface area contributed by atoms with Crippen molar-refractivity contribution in [3.05, 3.63) is 18.5 Å². The quantitative estimate of drug-likeness (QED) is 0.884. The van der Waals surface area contributed by atoms with Gasteiger partial charge in [0, 0.05) is 45.1 Å². The maximum atomic E-state index is 12.8. The lowest BCUT2D eigenvalue weighted by Crippen LogP contribution is -2.51. The zero-order chi connectivity index (χ0) is 14.2. The van der Waals surface area contributed by atoms with Gasteiger partial charge in [-0.3, -0.25) is 9.88 Å². The minimum Gasteiger partial charge on any atom is -0.387 e. The van der Waals surface area contributed by atoms with E-state index in [0.29, 0.717) is 24.8 Å². The lowest BCUT2D eigenvalue weighted by molar-refractivity contribution is 0.158. The van der Waals surface area contributed by atoms with E-state index in [0.717, 1.165) is 19.5 Å². The number of nitrogens with zero attached hydrogens (tertiary/aromatic N) is 3. The van der Waals surface area contributed by atoms with Crippen LogP contribution in [0, 0.1) is 0 Å². The summed E-state index contributed by atoms with van der Waals surface area (Å²) < 4.78 is 27.2. The number of nitrogens with one attached hydrogen (secondary N) is 1. The summed E-state index contributed by atoms with van der Waals surface area (Å²) in [6, 6.07) is 2.08. The summed E-state index contributed by atoms with van der Waals surface area (Å²) in [6.45, 7) is 3.10. The Bertz CT molecular complexity index is 590. The molecule has 2 saturated heterocycles. The number of piperazine rings is 1. The average molecular weight is 296 g/mol. The van der Waals surface area contributed by atoms with Crippen LogP contribution < -0.4 is 5.32 Å². The van der Waals surface area contributed by atoms with Gasteiger partial charge in [-0.25, -0.2) is 8.42 Å². The number of pyridine rings is 1. The molecular formula is C13H20N4O2S. The van der Waals surface area contributed by atoms with Crippen LogP contribution in [-0.4, -0.2) is 61.9 Å². The van der Waals surface area contributed by atoms with Crippen LogP contribution in [0.5, 0.6) is 0 Å². The SMILES string of the molecule is CNc1ccncc1S(=O)(=O)N1CCN2CCCC2C1. The fraction of sp³-hybridized carbons (Fsp3) is 0.615. The highest BCUT2D eigenvalue weighted by Gasteiger charge is 2.37. The monoisotopic (exact) mass is 296 g/mol. The normalized spacial score (nSPS) is 24.6. The third kappa shape index (κ3) is 2.30. The minimum absolute atomic E-state index is 0.272. The molecule has 1 aromatic rings. The molecule has 0 aliphatic carbocycles. The first-order chi connectivity index (χ1) is 9.63. The number of hydrogen-bond acceptors (Lipinski definition) is 5. The zero-order valence-electron chi connectivity index (χ0n) is 11.6. The molecule has 0 saturated carbocycles. The maximum Gasteiger partial charge on any atom is 0.246 e. The summed E-state index contributed by atoms with van der Waals surface area (Å²) in [5, 5.41) is 2.93. The molecule has 7 heteroatoms. The Morgan fingerprint density at radius 3 is 3.00 bits per heavy atom. The largest absolute Gasteiger partial charge is 0.387 e. The van der Waals surface area contributed by atoms with Gasteiger partial charge < -0.3 is 5.32 Å². The van der Waals surface area contributed by atoms with Crippen molar-refractivity contribution < 1.29 is 8.42 Å². The molecule has 6 nitrogen and oxygen atoms in total. The molecule has 20 heavy (non-hydrogen) atoms. The van der Waals surface area contributed by atoms with Crippen molar-refractivity contribution in [2.45, 2.75) is 23.8 Å². The van der Waals surface area contributed by atoms with Gasteiger partial charge in [0.15, 0.2) is 0 Å². The molecule has 2 aliphatic heterocycles. The summed E-state index contributed by atoms with van der Waals surface area (Å²) >= 11 is 0. The second kappa shape index (κ2) is 5.31. The second-order valence-electron chi connectivity index (χ2n) is 5.32. The van der Waals surface area contributed by atoms with E-state index in [9.17, 15) is 8.42 Å². The van der Waals surface area contributed by atoms with Crippen LogP contribution in [-0.2, 0) is 10.0 Å². The highest BCUT2D eigenvalue weighted by molar-refractivity contribution is 7.89. The molecule has 0 aromatic carbocycles. The fourth-order valence-electron chi connectivity index (χ4n) is 3.11. The minimum atomic E-state index is -3.46. The van der Waals surface area contributed by atoms with Gasteiger partial charge >= 0.3 is 0 Å². The smallest absolute Gasteiger partial charge is 0.246 e.